The van der Waals surface area contributed by atoms with E-state index in [1.54, 1.807) is 7.11 Å². The fourth-order valence-electron chi connectivity index (χ4n) is 2.51. The summed E-state index contributed by atoms with van der Waals surface area (Å²) in [6, 6.07) is 5.98. The zero-order valence-electron chi connectivity index (χ0n) is 11.7. The van der Waals surface area contributed by atoms with Crippen molar-refractivity contribution in [2.24, 2.45) is 0 Å². The summed E-state index contributed by atoms with van der Waals surface area (Å²) < 4.78 is 5.24. The van der Waals surface area contributed by atoms with Crippen molar-refractivity contribution in [2.45, 2.75) is 25.7 Å². The number of nitrogens with zero attached hydrogens (tertiary/aromatic N) is 1. The number of hydrogen-bond donors (Lipinski definition) is 1. The van der Waals surface area contributed by atoms with Crippen LogP contribution in [0.15, 0.2) is 18.2 Å². The van der Waals surface area contributed by atoms with Crippen LogP contribution >= 0.6 is 0 Å². The molecule has 0 aromatic heterocycles. The molecule has 0 fully saturated rings. The summed E-state index contributed by atoms with van der Waals surface area (Å²) in [7, 11) is 3.58. The largest absolute Gasteiger partial charge is 0.497 e. The van der Waals surface area contributed by atoms with E-state index in [0.717, 1.165) is 43.8 Å². The number of carbonyl (C=O) groups is 1. The van der Waals surface area contributed by atoms with Gasteiger partial charge in [-0.3, -0.25) is 4.79 Å². The number of amides is 1. The second-order valence-corrected chi connectivity index (χ2v) is 4.85. The number of ether oxygens (including phenoxy) is 1. The highest BCUT2D eigenvalue weighted by Gasteiger charge is 2.22. The summed E-state index contributed by atoms with van der Waals surface area (Å²) in [5.74, 6) is 1.09. The molecule has 4 heteroatoms. The van der Waals surface area contributed by atoms with Gasteiger partial charge in [0.25, 0.3) is 0 Å². The molecular weight excluding hydrogens is 240 g/mol. The van der Waals surface area contributed by atoms with Gasteiger partial charge in [-0.05, 0) is 56.6 Å². The van der Waals surface area contributed by atoms with Gasteiger partial charge >= 0.3 is 0 Å². The van der Waals surface area contributed by atoms with E-state index in [4.69, 9.17) is 4.74 Å². The van der Waals surface area contributed by atoms with Gasteiger partial charge in [0.15, 0.2) is 0 Å². The third kappa shape index (κ3) is 3.26. The molecule has 104 valence electrons. The third-order valence-electron chi connectivity index (χ3n) is 3.52. The number of nitrogens with one attached hydrogen (secondary N) is 1. The predicted octanol–water partition coefficient (Wildman–Crippen LogP) is 1.97. The van der Waals surface area contributed by atoms with Crippen LogP contribution in [0, 0.1) is 0 Å². The standard InChI is InChI=1S/C15H22N2O2/c1-16-9-3-6-15(18)17-10-4-5-12-11-13(19-2)7-8-14(12)17/h7-8,11,16H,3-6,9-10H2,1-2H3. The van der Waals surface area contributed by atoms with Gasteiger partial charge in [0.05, 0.1) is 7.11 Å². The van der Waals surface area contributed by atoms with Gasteiger partial charge in [-0.15, -0.1) is 0 Å². The number of anilines is 1. The molecule has 2 rings (SSSR count). The lowest BCUT2D eigenvalue weighted by atomic mass is 10.0. The number of hydrogen-bond acceptors (Lipinski definition) is 3. The molecule has 0 aliphatic carbocycles. The van der Waals surface area contributed by atoms with Crippen molar-refractivity contribution in [1.29, 1.82) is 0 Å². The SMILES string of the molecule is CNCCCC(=O)N1CCCc2cc(OC)ccc21. The molecule has 0 radical (unpaired) electrons. The average molecular weight is 262 g/mol. The highest BCUT2D eigenvalue weighted by molar-refractivity contribution is 5.94. The highest BCUT2D eigenvalue weighted by atomic mass is 16.5. The lowest BCUT2D eigenvalue weighted by molar-refractivity contribution is -0.118. The van der Waals surface area contributed by atoms with Crippen LogP contribution < -0.4 is 15.0 Å². The summed E-state index contributed by atoms with van der Waals surface area (Å²) >= 11 is 0. The summed E-state index contributed by atoms with van der Waals surface area (Å²) in [4.78, 5) is 14.2. The first kappa shape index (κ1) is 13.9. The Morgan fingerprint density at radius 2 is 2.32 bits per heavy atom. The molecule has 0 spiro atoms. The molecule has 1 heterocycles. The van der Waals surface area contributed by atoms with Crippen molar-refractivity contribution in [3.63, 3.8) is 0 Å². The number of methoxy groups -OCH3 is 1. The molecule has 1 aliphatic rings. The molecule has 0 saturated carbocycles. The van der Waals surface area contributed by atoms with Crippen LogP contribution in [0.5, 0.6) is 5.75 Å². The van der Waals surface area contributed by atoms with Crippen molar-refractivity contribution < 1.29 is 9.53 Å². The molecule has 19 heavy (non-hydrogen) atoms. The van der Waals surface area contributed by atoms with E-state index in [0.29, 0.717) is 6.42 Å². The van der Waals surface area contributed by atoms with E-state index in [9.17, 15) is 4.79 Å². The first-order valence-corrected chi connectivity index (χ1v) is 6.88. The van der Waals surface area contributed by atoms with Gasteiger partial charge < -0.3 is 15.0 Å². The Labute approximate surface area is 114 Å². The van der Waals surface area contributed by atoms with Crippen molar-refractivity contribution in [2.75, 3.05) is 32.1 Å². The summed E-state index contributed by atoms with van der Waals surface area (Å²) in [5, 5.41) is 3.07. The zero-order chi connectivity index (χ0) is 13.7. The normalized spacial score (nSPS) is 14.1. The lowest BCUT2D eigenvalue weighted by Gasteiger charge is -2.30. The van der Waals surface area contributed by atoms with Crippen molar-refractivity contribution >= 4 is 11.6 Å². The fourth-order valence-corrected chi connectivity index (χ4v) is 2.51. The Hall–Kier alpha value is -1.55. The van der Waals surface area contributed by atoms with Crippen molar-refractivity contribution in [3.05, 3.63) is 23.8 Å². The zero-order valence-corrected chi connectivity index (χ0v) is 11.7. The summed E-state index contributed by atoms with van der Waals surface area (Å²) in [5.41, 5.74) is 2.27. The van der Waals surface area contributed by atoms with E-state index in [1.165, 1.54) is 5.56 Å². The van der Waals surface area contributed by atoms with E-state index in [2.05, 4.69) is 5.32 Å². The smallest absolute Gasteiger partial charge is 0.227 e. The maximum atomic E-state index is 12.3. The van der Waals surface area contributed by atoms with Gasteiger partial charge in [-0.25, -0.2) is 0 Å². The summed E-state index contributed by atoms with van der Waals surface area (Å²) in [6.45, 7) is 1.72. The fraction of sp³-hybridized carbons (Fsp3) is 0.533. The molecule has 4 nitrogen and oxygen atoms in total. The van der Waals surface area contributed by atoms with Gasteiger partial charge in [-0.2, -0.15) is 0 Å². The maximum Gasteiger partial charge on any atom is 0.227 e. The van der Waals surface area contributed by atoms with E-state index < -0.39 is 0 Å². The van der Waals surface area contributed by atoms with E-state index in [-0.39, 0.29) is 5.91 Å². The van der Waals surface area contributed by atoms with Gasteiger partial charge in [-0.1, -0.05) is 0 Å². The van der Waals surface area contributed by atoms with Gasteiger partial charge in [0.2, 0.25) is 5.91 Å². The number of rotatable bonds is 5. The second kappa shape index (κ2) is 6.57. The Morgan fingerprint density at radius 1 is 1.47 bits per heavy atom. The van der Waals surface area contributed by atoms with Crippen LogP contribution in [0.1, 0.15) is 24.8 Å². The predicted molar refractivity (Wildman–Crippen MR) is 76.8 cm³/mol. The van der Waals surface area contributed by atoms with Crippen LogP contribution in [0.2, 0.25) is 0 Å². The number of carbonyl (C=O) groups excluding carboxylic acids is 1. The molecule has 1 N–H and O–H groups in total. The number of fused-ring (bicyclic) bond motifs is 1. The lowest BCUT2D eigenvalue weighted by Crippen LogP contribution is -2.35. The molecule has 0 bridgehead atoms. The Bertz CT molecular complexity index is 446. The Morgan fingerprint density at radius 3 is 3.05 bits per heavy atom. The van der Waals surface area contributed by atoms with E-state index >= 15 is 0 Å². The third-order valence-corrected chi connectivity index (χ3v) is 3.52. The molecule has 1 aromatic carbocycles. The quantitative estimate of drug-likeness (QED) is 0.825. The summed E-state index contributed by atoms with van der Waals surface area (Å²) in [6.07, 6.45) is 3.54. The molecule has 1 aromatic rings. The molecular formula is C15H22N2O2. The van der Waals surface area contributed by atoms with Crippen LogP contribution in [0.4, 0.5) is 5.69 Å². The van der Waals surface area contributed by atoms with Gasteiger partial charge in [0, 0.05) is 18.7 Å². The van der Waals surface area contributed by atoms with Gasteiger partial charge in [0.1, 0.15) is 5.75 Å². The monoisotopic (exact) mass is 262 g/mol. The average Bonchev–Trinajstić information content (AvgIpc) is 2.46. The number of aryl methyl sites for hydroxylation is 1. The molecule has 0 unspecified atom stereocenters. The molecule has 1 aliphatic heterocycles. The minimum absolute atomic E-state index is 0.223. The van der Waals surface area contributed by atoms with Crippen molar-refractivity contribution in [3.8, 4) is 5.75 Å². The maximum absolute atomic E-state index is 12.3. The second-order valence-electron chi connectivity index (χ2n) is 4.85. The van der Waals surface area contributed by atoms with E-state index in [1.807, 2.05) is 30.1 Å². The van der Waals surface area contributed by atoms with Crippen LogP contribution in [-0.4, -0.2) is 33.2 Å². The molecule has 0 saturated heterocycles. The van der Waals surface area contributed by atoms with Crippen LogP contribution in [-0.2, 0) is 11.2 Å². The first-order valence-electron chi connectivity index (χ1n) is 6.88. The molecule has 1 amide bonds. The minimum atomic E-state index is 0.223. The first-order chi connectivity index (χ1) is 9.26. The Balaban J connectivity index is 2.11. The van der Waals surface area contributed by atoms with Crippen LogP contribution in [0.3, 0.4) is 0 Å². The van der Waals surface area contributed by atoms with Crippen molar-refractivity contribution in [1.82, 2.24) is 5.32 Å². The molecule has 0 atom stereocenters. The minimum Gasteiger partial charge on any atom is -0.497 e. The Kier molecular flexibility index (Phi) is 4.80. The topological polar surface area (TPSA) is 41.6 Å². The number of benzene rings is 1. The van der Waals surface area contributed by atoms with Crippen LogP contribution in [0.25, 0.3) is 0 Å². The highest BCUT2D eigenvalue weighted by Crippen LogP contribution is 2.30.